The average Bonchev–Trinajstić information content (AvgIpc) is 3.05. The van der Waals surface area contributed by atoms with Crippen LogP contribution in [0.5, 0.6) is 0 Å². The quantitative estimate of drug-likeness (QED) is 0.785. The Morgan fingerprint density at radius 2 is 2.39 bits per heavy atom. The molecule has 2 aliphatic rings. The van der Waals surface area contributed by atoms with Crippen LogP contribution in [0.1, 0.15) is 38.5 Å². The molecule has 1 heterocycles. The SMILES string of the molecule is O=C(CC12CCCCC1C2)On1ccccc1=S. The van der Waals surface area contributed by atoms with Crippen molar-refractivity contribution in [1.29, 1.82) is 0 Å². The molecule has 4 heteroatoms. The lowest BCUT2D eigenvalue weighted by Crippen LogP contribution is -2.24. The maximum atomic E-state index is 12.0. The van der Waals surface area contributed by atoms with Crippen LogP contribution < -0.4 is 4.84 Å². The van der Waals surface area contributed by atoms with Gasteiger partial charge in [-0.1, -0.05) is 31.1 Å². The molecule has 1 aromatic rings. The Morgan fingerprint density at radius 1 is 1.50 bits per heavy atom. The normalized spacial score (nSPS) is 29.4. The van der Waals surface area contributed by atoms with Gasteiger partial charge < -0.3 is 4.84 Å². The Morgan fingerprint density at radius 3 is 3.17 bits per heavy atom. The fourth-order valence-electron chi connectivity index (χ4n) is 3.24. The molecule has 2 aliphatic carbocycles. The molecule has 2 unspecified atom stereocenters. The molecule has 3 rings (SSSR count). The molecule has 0 spiro atoms. The van der Waals surface area contributed by atoms with Crippen molar-refractivity contribution in [2.45, 2.75) is 38.5 Å². The summed E-state index contributed by atoms with van der Waals surface area (Å²) in [5.41, 5.74) is 0.270. The molecule has 1 aromatic heterocycles. The molecule has 0 radical (unpaired) electrons. The Balaban J connectivity index is 1.63. The highest BCUT2D eigenvalue weighted by Gasteiger charge is 2.55. The van der Waals surface area contributed by atoms with Gasteiger partial charge in [-0.2, -0.15) is 4.73 Å². The maximum absolute atomic E-state index is 12.0. The zero-order valence-corrected chi connectivity index (χ0v) is 11.1. The average molecular weight is 263 g/mol. The second kappa shape index (κ2) is 4.50. The van der Waals surface area contributed by atoms with E-state index in [1.807, 2.05) is 12.1 Å². The minimum Gasteiger partial charge on any atom is -0.336 e. The molecule has 0 aromatic carbocycles. The summed E-state index contributed by atoms with van der Waals surface area (Å²) in [6.07, 6.45) is 8.50. The summed E-state index contributed by atoms with van der Waals surface area (Å²) in [5.74, 6) is 0.615. The molecule has 96 valence electrons. The Labute approximate surface area is 112 Å². The topological polar surface area (TPSA) is 31.2 Å². The summed E-state index contributed by atoms with van der Waals surface area (Å²) in [6, 6.07) is 5.40. The Hall–Kier alpha value is -1.16. The zero-order chi connectivity index (χ0) is 12.6. The number of hydrogen-bond donors (Lipinski definition) is 0. The second-order valence-electron chi connectivity index (χ2n) is 5.51. The van der Waals surface area contributed by atoms with Crippen LogP contribution in [0, 0.1) is 16.0 Å². The van der Waals surface area contributed by atoms with Crippen molar-refractivity contribution in [2.24, 2.45) is 11.3 Å². The summed E-state index contributed by atoms with van der Waals surface area (Å²) < 4.78 is 1.91. The van der Waals surface area contributed by atoms with E-state index in [4.69, 9.17) is 17.1 Å². The van der Waals surface area contributed by atoms with E-state index in [1.165, 1.54) is 36.8 Å². The van der Waals surface area contributed by atoms with Crippen molar-refractivity contribution in [2.75, 3.05) is 0 Å². The summed E-state index contributed by atoms with van der Waals surface area (Å²) in [5, 5.41) is 0. The van der Waals surface area contributed by atoms with E-state index in [0.29, 0.717) is 11.1 Å². The Bertz CT molecular complexity index is 525. The van der Waals surface area contributed by atoms with Crippen LogP contribution in [-0.2, 0) is 4.79 Å². The molecular formula is C14H17NO2S. The summed E-state index contributed by atoms with van der Waals surface area (Å²) in [7, 11) is 0. The smallest absolute Gasteiger partial charge is 0.333 e. The van der Waals surface area contributed by atoms with Crippen LogP contribution in [0.15, 0.2) is 24.4 Å². The number of carbonyl (C=O) groups is 1. The van der Waals surface area contributed by atoms with Crippen LogP contribution >= 0.6 is 12.2 Å². The van der Waals surface area contributed by atoms with Gasteiger partial charge >= 0.3 is 5.97 Å². The number of rotatable bonds is 3. The molecule has 0 N–H and O–H groups in total. The van der Waals surface area contributed by atoms with Crippen molar-refractivity contribution in [3.63, 3.8) is 0 Å². The maximum Gasteiger partial charge on any atom is 0.333 e. The highest BCUT2D eigenvalue weighted by Crippen LogP contribution is 2.63. The second-order valence-corrected chi connectivity index (χ2v) is 5.93. The number of fused-ring (bicyclic) bond motifs is 1. The lowest BCUT2D eigenvalue weighted by Gasteiger charge is -2.20. The van der Waals surface area contributed by atoms with Gasteiger partial charge in [0, 0.05) is 6.20 Å². The monoisotopic (exact) mass is 263 g/mol. The fraction of sp³-hybridized carbons (Fsp3) is 0.571. The first-order valence-electron chi connectivity index (χ1n) is 6.58. The van der Waals surface area contributed by atoms with E-state index in [0.717, 1.165) is 5.92 Å². The molecule has 2 fully saturated rings. The van der Waals surface area contributed by atoms with Crippen LogP contribution in [0.4, 0.5) is 0 Å². The molecule has 0 aliphatic heterocycles. The number of hydrogen-bond acceptors (Lipinski definition) is 3. The van der Waals surface area contributed by atoms with E-state index in [-0.39, 0.29) is 11.4 Å². The van der Waals surface area contributed by atoms with Gasteiger partial charge in [0.25, 0.3) is 0 Å². The largest absolute Gasteiger partial charge is 0.336 e. The van der Waals surface area contributed by atoms with Gasteiger partial charge in [0.05, 0.1) is 6.42 Å². The van der Waals surface area contributed by atoms with Crippen LogP contribution in [0.2, 0.25) is 0 Å². The van der Waals surface area contributed by atoms with Crippen LogP contribution in [-0.4, -0.2) is 10.7 Å². The molecule has 2 atom stereocenters. The van der Waals surface area contributed by atoms with Crippen molar-refractivity contribution in [3.05, 3.63) is 29.0 Å². The van der Waals surface area contributed by atoms with Gasteiger partial charge in [-0.05, 0) is 42.7 Å². The minimum absolute atomic E-state index is 0.151. The summed E-state index contributed by atoms with van der Waals surface area (Å²) >= 11 is 5.10. The fourth-order valence-corrected chi connectivity index (χ4v) is 3.41. The molecule has 0 bridgehead atoms. The van der Waals surface area contributed by atoms with Gasteiger partial charge in [-0.25, -0.2) is 4.79 Å². The first-order valence-corrected chi connectivity index (χ1v) is 6.99. The number of carbonyl (C=O) groups excluding carboxylic acids is 1. The van der Waals surface area contributed by atoms with Gasteiger partial charge in [-0.3, -0.25) is 0 Å². The first-order chi connectivity index (χ1) is 8.70. The molecule has 0 amide bonds. The number of aromatic nitrogens is 1. The van der Waals surface area contributed by atoms with Crippen molar-refractivity contribution in [3.8, 4) is 0 Å². The number of pyridine rings is 1. The van der Waals surface area contributed by atoms with Gasteiger partial charge in [0.1, 0.15) is 4.64 Å². The lowest BCUT2D eigenvalue weighted by molar-refractivity contribution is -0.146. The molecule has 3 nitrogen and oxygen atoms in total. The third kappa shape index (κ3) is 2.21. The van der Waals surface area contributed by atoms with Crippen molar-refractivity contribution in [1.82, 2.24) is 4.73 Å². The van der Waals surface area contributed by atoms with E-state index < -0.39 is 0 Å². The zero-order valence-electron chi connectivity index (χ0n) is 10.3. The summed E-state index contributed by atoms with van der Waals surface area (Å²) in [6.45, 7) is 0. The highest BCUT2D eigenvalue weighted by atomic mass is 32.1. The van der Waals surface area contributed by atoms with E-state index in [1.54, 1.807) is 12.3 Å². The summed E-state index contributed by atoms with van der Waals surface area (Å²) in [4.78, 5) is 17.3. The van der Waals surface area contributed by atoms with E-state index >= 15 is 0 Å². The molecule has 2 saturated carbocycles. The first kappa shape index (κ1) is 11.9. The predicted octanol–water partition coefficient (Wildman–Crippen LogP) is 3.14. The predicted molar refractivity (Wildman–Crippen MR) is 70.5 cm³/mol. The molecular weight excluding hydrogens is 246 g/mol. The van der Waals surface area contributed by atoms with Crippen LogP contribution in [0.3, 0.4) is 0 Å². The Kier molecular flexibility index (Phi) is 2.98. The lowest BCUT2D eigenvalue weighted by atomic mass is 9.86. The third-order valence-electron chi connectivity index (χ3n) is 4.32. The van der Waals surface area contributed by atoms with Crippen LogP contribution in [0.25, 0.3) is 0 Å². The number of nitrogens with zero attached hydrogens (tertiary/aromatic N) is 1. The molecule has 0 saturated heterocycles. The minimum atomic E-state index is -0.151. The van der Waals surface area contributed by atoms with E-state index in [2.05, 4.69) is 0 Å². The van der Waals surface area contributed by atoms with E-state index in [9.17, 15) is 4.79 Å². The third-order valence-corrected chi connectivity index (χ3v) is 4.64. The van der Waals surface area contributed by atoms with Crippen molar-refractivity contribution >= 4 is 18.2 Å². The highest BCUT2D eigenvalue weighted by molar-refractivity contribution is 7.71. The van der Waals surface area contributed by atoms with Gasteiger partial charge in [-0.15, -0.1) is 0 Å². The van der Waals surface area contributed by atoms with Crippen molar-refractivity contribution < 1.29 is 9.63 Å². The molecule has 18 heavy (non-hydrogen) atoms. The standard InChI is InChI=1S/C14H17NO2S/c16-13(17-15-8-4-2-6-12(15)18)10-14-7-3-1-5-11(14)9-14/h2,4,6,8,11H,1,3,5,7,9-10H2. The van der Waals surface area contributed by atoms with Gasteiger partial charge in [0.15, 0.2) is 0 Å². The van der Waals surface area contributed by atoms with Gasteiger partial charge in [0.2, 0.25) is 0 Å².